The minimum atomic E-state index is 0. The minimum Gasteiger partial charge on any atom is -0.455 e. The molecule has 0 bridgehead atoms. The zero-order chi connectivity index (χ0) is 26.9. The van der Waals surface area contributed by atoms with E-state index in [4.69, 9.17) is 4.74 Å². The van der Waals surface area contributed by atoms with Crippen molar-refractivity contribution in [1.29, 1.82) is 0 Å². The molecule has 0 aliphatic heterocycles. The zero-order valence-corrected chi connectivity index (χ0v) is 25.0. The van der Waals surface area contributed by atoms with Gasteiger partial charge in [0.2, 0.25) is 0 Å². The molecule has 0 saturated carbocycles. The van der Waals surface area contributed by atoms with Gasteiger partial charge in [0.05, 0.1) is 4.90 Å². The third-order valence-corrected chi connectivity index (χ3v) is 5.92. The number of fused-ring (bicyclic) bond motifs is 1. The molecule has 0 amide bonds. The second-order valence-corrected chi connectivity index (χ2v) is 9.37. The number of anilines is 1. The van der Waals surface area contributed by atoms with Crippen molar-refractivity contribution in [3.63, 3.8) is 0 Å². The van der Waals surface area contributed by atoms with Crippen LogP contribution in [0.15, 0.2) is 47.5 Å². The summed E-state index contributed by atoms with van der Waals surface area (Å²) in [5.41, 5.74) is 3.44. The van der Waals surface area contributed by atoms with Crippen molar-refractivity contribution in [3.05, 3.63) is 48.2 Å². The van der Waals surface area contributed by atoms with Gasteiger partial charge in [-0.3, -0.25) is 0 Å². The van der Waals surface area contributed by atoms with E-state index in [-0.39, 0.29) is 6.90 Å². The Labute approximate surface area is 230 Å². The number of benzene rings is 2. The monoisotopic (exact) mass is 536 g/mol. The summed E-state index contributed by atoms with van der Waals surface area (Å²) in [7, 11) is 7.91. The molecule has 7 nitrogen and oxygen atoms in total. The van der Waals surface area contributed by atoms with Crippen molar-refractivity contribution in [1.82, 2.24) is 15.2 Å². The largest absolute Gasteiger partial charge is 0.455 e. The Bertz CT molecular complexity index is 993. The van der Waals surface area contributed by atoms with Crippen molar-refractivity contribution in [2.24, 2.45) is 0 Å². The first kappa shape index (κ1) is 34.8. The first-order valence-electron chi connectivity index (χ1n) is 13.2. The van der Waals surface area contributed by atoms with Crippen LogP contribution in [0.25, 0.3) is 10.9 Å². The highest BCUT2D eigenvalue weighted by Gasteiger charge is 2.18. The maximum atomic E-state index is 10.0. The van der Waals surface area contributed by atoms with E-state index in [1.165, 1.54) is 11.3 Å². The van der Waals surface area contributed by atoms with Crippen molar-refractivity contribution < 1.29 is 16.2 Å². The van der Waals surface area contributed by atoms with E-state index in [1.54, 1.807) is 0 Å². The molecule has 0 aliphatic rings. The van der Waals surface area contributed by atoms with E-state index in [1.807, 2.05) is 58.4 Å². The van der Waals surface area contributed by atoms with Gasteiger partial charge < -0.3 is 34.9 Å². The molecule has 0 spiro atoms. The molecule has 2 aromatic carbocycles. The number of ether oxygens (including phenoxy) is 1. The molecule has 3 rings (SSSR count). The molecular formula is C29H52N4O3S. The summed E-state index contributed by atoms with van der Waals surface area (Å²) in [6, 6.07) is 12.2. The fourth-order valence-electron chi connectivity index (χ4n) is 3.82. The molecule has 0 aliphatic carbocycles. The minimum absolute atomic E-state index is 0. The number of nitrogens with zero attached hydrogens (tertiary/aromatic N) is 2. The Kier molecular flexibility index (Phi) is 18.6. The molecule has 37 heavy (non-hydrogen) atoms. The van der Waals surface area contributed by atoms with Crippen LogP contribution in [-0.2, 0) is 6.54 Å². The van der Waals surface area contributed by atoms with E-state index < -0.39 is 0 Å². The number of aromatic amines is 1. The fourth-order valence-corrected chi connectivity index (χ4v) is 4.20. The van der Waals surface area contributed by atoms with Gasteiger partial charge in [-0.2, -0.15) is 0 Å². The fraction of sp³-hybridized carbons (Fsp3) is 0.517. The van der Waals surface area contributed by atoms with Gasteiger partial charge in [-0.05, 0) is 70.9 Å². The summed E-state index contributed by atoms with van der Waals surface area (Å²) in [5, 5.41) is 3.78. The second-order valence-electron chi connectivity index (χ2n) is 8.75. The van der Waals surface area contributed by atoms with Crippen LogP contribution in [0.5, 0.6) is 11.5 Å². The van der Waals surface area contributed by atoms with E-state index >= 15 is 0 Å². The normalized spacial score (nSPS) is 10.2. The summed E-state index contributed by atoms with van der Waals surface area (Å²) < 4.78 is 16.4. The van der Waals surface area contributed by atoms with Gasteiger partial charge in [0.25, 0.3) is 0 Å². The summed E-state index contributed by atoms with van der Waals surface area (Å²) in [6.07, 6.45) is 6.55. The van der Waals surface area contributed by atoms with Crippen LogP contribution < -0.4 is 15.0 Å². The average molecular weight is 537 g/mol. The quantitative estimate of drug-likeness (QED) is 0.211. The number of nitrogens with one attached hydrogen (secondary N) is 2. The van der Waals surface area contributed by atoms with Gasteiger partial charge in [0.15, 0.2) is 0 Å². The maximum Gasteiger partial charge on any atom is 0.145 e. The van der Waals surface area contributed by atoms with Crippen molar-refractivity contribution in [2.45, 2.75) is 64.8 Å². The van der Waals surface area contributed by atoms with Gasteiger partial charge in [0, 0.05) is 62.0 Å². The summed E-state index contributed by atoms with van der Waals surface area (Å²) in [6.45, 7) is 11.3. The first-order valence-corrected chi connectivity index (χ1v) is 14.0. The number of hydrogen-bond donors (Lipinski definition) is 3. The van der Waals surface area contributed by atoms with Crippen LogP contribution in [-0.4, -0.2) is 61.2 Å². The summed E-state index contributed by atoms with van der Waals surface area (Å²) in [4.78, 5) is 8.63. The molecule has 0 atom stereocenters. The molecule has 8 heteroatoms. The van der Waals surface area contributed by atoms with Crippen LogP contribution in [0.4, 0.5) is 5.69 Å². The standard InChI is InChI=1S/C25H35N3O2S.C2H7N.C2H6.H2O.H2/c1-5-7-14-28(15-8-6-2)22-17-24(25(31-29)16-19(22)18-27(3)4)30-23-11-9-10-21-20(23)12-13-26-21;1-3-2;1-2;;/h9-13,16-17,26,29H,5-8,14-15,18H2,1-4H3;3H,1-2H3;1-2H3;1H2;1H. The second kappa shape index (κ2) is 19.8. The van der Waals surface area contributed by atoms with Crippen LogP contribution in [0.1, 0.15) is 60.4 Å². The molecular weight excluding hydrogens is 484 g/mol. The van der Waals surface area contributed by atoms with Crippen molar-refractivity contribution in [2.75, 3.05) is 46.2 Å². The zero-order valence-electron chi connectivity index (χ0n) is 24.1. The molecule has 1 aromatic heterocycles. The number of aromatic nitrogens is 1. The molecule has 3 aromatic rings. The Balaban J connectivity index is 0. The predicted octanol–water partition coefficient (Wildman–Crippen LogP) is 7.28. The molecule has 212 valence electrons. The Morgan fingerprint density at radius 3 is 2.16 bits per heavy atom. The maximum absolute atomic E-state index is 10.0. The van der Waals surface area contributed by atoms with Gasteiger partial charge in [-0.1, -0.05) is 46.6 Å². The lowest BCUT2D eigenvalue weighted by molar-refractivity contribution is 0.401. The number of rotatable bonds is 12. The van der Waals surface area contributed by atoms with E-state index in [0.717, 1.165) is 78.9 Å². The van der Waals surface area contributed by atoms with E-state index in [2.05, 4.69) is 60.2 Å². The van der Waals surface area contributed by atoms with E-state index in [0.29, 0.717) is 5.75 Å². The number of H-pyrrole nitrogens is 1. The highest BCUT2D eigenvalue weighted by Crippen LogP contribution is 2.40. The van der Waals surface area contributed by atoms with Gasteiger partial charge in [0.1, 0.15) is 11.5 Å². The predicted molar refractivity (Wildman–Crippen MR) is 165 cm³/mol. The lowest BCUT2D eigenvalue weighted by atomic mass is 10.1. The highest BCUT2D eigenvalue weighted by molar-refractivity contribution is 7.93. The highest BCUT2D eigenvalue weighted by atomic mass is 32.2. The van der Waals surface area contributed by atoms with Gasteiger partial charge in [-0.25, -0.2) is 0 Å². The molecule has 0 fully saturated rings. The third-order valence-electron chi connectivity index (χ3n) is 5.41. The number of unbranched alkanes of at least 4 members (excludes halogenated alkanes) is 2. The Morgan fingerprint density at radius 1 is 1.00 bits per heavy atom. The topological polar surface area (TPSA) is 95.3 Å². The Morgan fingerprint density at radius 2 is 1.62 bits per heavy atom. The molecule has 0 radical (unpaired) electrons. The average Bonchev–Trinajstić information content (AvgIpc) is 3.36. The van der Waals surface area contributed by atoms with E-state index in [9.17, 15) is 4.55 Å². The summed E-state index contributed by atoms with van der Waals surface area (Å²) >= 11 is 0.750. The molecule has 0 saturated heterocycles. The number of hydrogen-bond acceptors (Lipinski definition) is 6. The SMILES string of the molecule is CC.CCCCN(CCCC)c1cc(Oc2cccc3[nH]ccc23)c(SO)cc1CN(C)C.CNC.O.[HH]. The molecule has 1 heterocycles. The lowest BCUT2D eigenvalue weighted by Gasteiger charge is -2.29. The van der Waals surface area contributed by atoms with Gasteiger partial charge >= 0.3 is 0 Å². The summed E-state index contributed by atoms with van der Waals surface area (Å²) in [5.74, 6) is 1.48. The smallest absolute Gasteiger partial charge is 0.145 e. The van der Waals surface area contributed by atoms with Crippen molar-refractivity contribution in [3.8, 4) is 11.5 Å². The van der Waals surface area contributed by atoms with Crippen LogP contribution in [0.3, 0.4) is 0 Å². The van der Waals surface area contributed by atoms with Gasteiger partial charge in [-0.15, -0.1) is 0 Å². The van der Waals surface area contributed by atoms with Crippen LogP contribution >= 0.6 is 12.0 Å². The molecule has 5 N–H and O–H groups in total. The van der Waals surface area contributed by atoms with Crippen LogP contribution in [0, 0.1) is 0 Å². The lowest BCUT2D eigenvalue weighted by Crippen LogP contribution is -2.27. The molecule has 0 unspecified atom stereocenters. The van der Waals surface area contributed by atoms with Crippen LogP contribution in [0.2, 0.25) is 0 Å². The Hall–Kier alpha value is -2.23. The van der Waals surface area contributed by atoms with Crippen molar-refractivity contribution >= 4 is 28.6 Å². The first-order chi connectivity index (χ1) is 17.5. The third kappa shape index (κ3) is 11.0.